The summed E-state index contributed by atoms with van der Waals surface area (Å²) in [5.74, 6) is -1.44. The van der Waals surface area contributed by atoms with E-state index in [0.29, 0.717) is 6.42 Å². The van der Waals surface area contributed by atoms with Gasteiger partial charge in [-0.3, -0.25) is 10.1 Å². The highest BCUT2D eigenvalue weighted by atomic mass is 16.6. The van der Waals surface area contributed by atoms with Gasteiger partial charge in [0.25, 0.3) is 0 Å². The molecular weight excluding hydrogens is 228 g/mol. The van der Waals surface area contributed by atoms with Gasteiger partial charge in [0.15, 0.2) is 5.75 Å². The Balaban J connectivity index is 3.23. The zero-order valence-electron chi connectivity index (χ0n) is 9.20. The van der Waals surface area contributed by atoms with Gasteiger partial charge in [0, 0.05) is 6.07 Å². The van der Waals surface area contributed by atoms with E-state index in [-0.39, 0.29) is 5.56 Å². The van der Waals surface area contributed by atoms with E-state index < -0.39 is 34.3 Å². The molecule has 0 heterocycles. The van der Waals surface area contributed by atoms with Gasteiger partial charge < -0.3 is 21.1 Å². The van der Waals surface area contributed by atoms with Crippen molar-refractivity contribution in [3.05, 3.63) is 27.8 Å². The SMILES string of the molecule is CC[C@H](O)[C@H](N)c1cc(O)c(O)c([N+](=O)[O-])c1. The number of nitro groups is 1. The van der Waals surface area contributed by atoms with Crippen LogP contribution in [0.2, 0.25) is 0 Å². The van der Waals surface area contributed by atoms with Crippen LogP contribution >= 0.6 is 0 Å². The summed E-state index contributed by atoms with van der Waals surface area (Å²) in [5, 5.41) is 38.8. The number of hydrogen-bond acceptors (Lipinski definition) is 6. The first-order valence-electron chi connectivity index (χ1n) is 5.02. The molecule has 0 aliphatic carbocycles. The molecule has 1 rings (SSSR count). The fraction of sp³-hybridized carbons (Fsp3) is 0.400. The first-order chi connectivity index (χ1) is 7.88. The van der Waals surface area contributed by atoms with E-state index in [1.54, 1.807) is 6.92 Å². The first-order valence-corrected chi connectivity index (χ1v) is 5.02. The molecule has 0 aliphatic heterocycles. The largest absolute Gasteiger partial charge is 0.504 e. The summed E-state index contributed by atoms with van der Waals surface area (Å²) in [6.07, 6.45) is -0.505. The summed E-state index contributed by atoms with van der Waals surface area (Å²) in [6, 6.07) is 1.29. The third kappa shape index (κ3) is 2.63. The van der Waals surface area contributed by atoms with Crippen LogP contribution in [-0.2, 0) is 0 Å². The minimum Gasteiger partial charge on any atom is -0.504 e. The molecule has 0 spiro atoms. The Morgan fingerprint density at radius 3 is 2.53 bits per heavy atom. The molecule has 0 fully saturated rings. The number of rotatable bonds is 4. The fourth-order valence-corrected chi connectivity index (χ4v) is 1.43. The molecule has 94 valence electrons. The van der Waals surface area contributed by atoms with E-state index in [4.69, 9.17) is 5.73 Å². The average molecular weight is 242 g/mol. The predicted molar refractivity (Wildman–Crippen MR) is 59.7 cm³/mol. The molecule has 1 aromatic rings. The number of benzene rings is 1. The summed E-state index contributed by atoms with van der Waals surface area (Å²) in [7, 11) is 0. The Morgan fingerprint density at radius 1 is 1.47 bits per heavy atom. The monoisotopic (exact) mass is 242 g/mol. The number of aliphatic hydroxyl groups is 1. The lowest BCUT2D eigenvalue weighted by molar-refractivity contribution is -0.386. The van der Waals surface area contributed by atoms with Gasteiger partial charge in [-0.1, -0.05) is 6.92 Å². The van der Waals surface area contributed by atoms with Gasteiger partial charge in [-0.25, -0.2) is 0 Å². The molecule has 0 saturated carbocycles. The van der Waals surface area contributed by atoms with Crippen LogP contribution in [0, 0.1) is 10.1 Å². The van der Waals surface area contributed by atoms with Gasteiger partial charge in [0.1, 0.15) is 0 Å². The second kappa shape index (κ2) is 4.98. The lowest BCUT2D eigenvalue weighted by Crippen LogP contribution is -2.25. The highest BCUT2D eigenvalue weighted by Crippen LogP contribution is 2.37. The quantitative estimate of drug-likeness (QED) is 0.350. The van der Waals surface area contributed by atoms with Crippen molar-refractivity contribution in [3.8, 4) is 11.5 Å². The number of phenolic OH excluding ortho intramolecular Hbond substituents is 2. The third-order valence-electron chi connectivity index (χ3n) is 2.51. The Labute approximate surface area is 97.3 Å². The summed E-state index contributed by atoms with van der Waals surface area (Å²) in [6.45, 7) is 1.71. The molecule has 0 aromatic heterocycles. The van der Waals surface area contributed by atoms with Crippen LogP contribution in [-0.4, -0.2) is 26.3 Å². The standard InChI is InChI=1S/C10H14N2O5/c1-2-7(13)9(11)5-3-6(12(16)17)10(15)8(14)4-5/h3-4,7,9,13-15H,2,11H2,1H3/t7-,9+/m0/s1. The van der Waals surface area contributed by atoms with Crippen molar-refractivity contribution >= 4 is 5.69 Å². The Bertz CT molecular complexity index is 435. The van der Waals surface area contributed by atoms with Gasteiger partial charge in [-0.2, -0.15) is 0 Å². The molecule has 0 unspecified atom stereocenters. The highest BCUT2D eigenvalue weighted by Gasteiger charge is 2.23. The van der Waals surface area contributed by atoms with Crippen LogP contribution in [0.4, 0.5) is 5.69 Å². The van der Waals surface area contributed by atoms with E-state index in [9.17, 15) is 25.4 Å². The Hall–Kier alpha value is -1.86. The van der Waals surface area contributed by atoms with Crippen molar-refractivity contribution in [2.45, 2.75) is 25.5 Å². The van der Waals surface area contributed by atoms with Gasteiger partial charge in [-0.05, 0) is 18.1 Å². The normalized spacial score (nSPS) is 14.3. The van der Waals surface area contributed by atoms with E-state index in [1.165, 1.54) is 0 Å². The Kier molecular flexibility index (Phi) is 3.87. The highest BCUT2D eigenvalue weighted by molar-refractivity contribution is 5.57. The van der Waals surface area contributed by atoms with Crippen LogP contribution in [0.1, 0.15) is 24.9 Å². The second-order valence-electron chi connectivity index (χ2n) is 3.67. The van der Waals surface area contributed by atoms with E-state index >= 15 is 0 Å². The van der Waals surface area contributed by atoms with E-state index in [0.717, 1.165) is 12.1 Å². The van der Waals surface area contributed by atoms with Crippen LogP contribution in [0.5, 0.6) is 11.5 Å². The van der Waals surface area contributed by atoms with Crippen molar-refractivity contribution in [1.29, 1.82) is 0 Å². The second-order valence-corrected chi connectivity index (χ2v) is 3.67. The van der Waals surface area contributed by atoms with Crippen LogP contribution < -0.4 is 5.73 Å². The molecule has 1 aromatic carbocycles. The zero-order valence-corrected chi connectivity index (χ0v) is 9.20. The van der Waals surface area contributed by atoms with Crippen molar-refractivity contribution in [1.82, 2.24) is 0 Å². The predicted octanol–water partition coefficient (Wildman–Crippen LogP) is 0.777. The van der Waals surface area contributed by atoms with Gasteiger partial charge in [-0.15, -0.1) is 0 Å². The average Bonchev–Trinajstić information content (AvgIpc) is 2.30. The topological polar surface area (TPSA) is 130 Å². The van der Waals surface area contributed by atoms with Gasteiger partial charge in [0.2, 0.25) is 5.75 Å². The lowest BCUT2D eigenvalue weighted by atomic mass is 9.99. The Morgan fingerprint density at radius 2 is 2.06 bits per heavy atom. The molecule has 0 saturated heterocycles. The maximum atomic E-state index is 10.6. The minimum atomic E-state index is -0.876. The van der Waals surface area contributed by atoms with Crippen molar-refractivity contribution in [3.63, 3.8) is 0 Å². The number of aromatic hydroxyl groups is 2. The van der Waals surface area contributed by atoms with Gasteiger partial charge in [0.05, 0.1) is 17.1 Å². The molecule has 2 atom stereocenters. The molecule has 0 bridgehead atoms. The molecule has 7 heteroatoms. The van der Waals surface area contributed by atoms with Gasteiger partial charge >= 0.3 is 5.69 Å². The number of hydrogen-bond donors (Lipinski definition) is 4. The molecule has 0 radical (unpaired) electrons. The lowest BCUT2D eigenvalue weighted by Gasteiger charge is -2.17. The maximum absolute atomic E-state index is 10.6. The molecule has 5 N–H and O–H groups in total. The van der Waals surface area contributed by atoms with E-state index in [2.05, 4.69) is 0 Å². The first kappa shape index (κ1) is 13.2. The fourth-order valence-electron chi connectivity index (χ4n) is 1.43. The van der Waals surface area contributed by atoms with Crippen molar-refractivity contribution in [2.24, 2.45) is 5.73 Å². The third-order valence-corrected chi connectivity index (χ3v) is 2.51. The number of phenols is 2. The zero-order chi connectivity index (χ0) is 13.2. The number of nitrogens with zero attached hydrogens (tertiary/aromatic N) is 1. The van der Waals surface area contributed by atoms with Crippen molar-refractivity contribution in [2.75, 3.05) is 0 Å². The number of nitro benzene ring substituents is 1. The van der Waals surface area contributed by atoms with Crippen LogP contribution in [0.25, 0.3) is 0 Å². The molecular formula is C10H14N2O5. The summed E-state index contributed by atoms with van der Waals surface area (Å²) in [5.41, 5.74) is 5.23. The molecule has 0 amide bonds. The minimum absolute atomic E-state index is 0.196. The summed E-state index contributed by atoms with van der Waals surface area (Å²) < 4.78 is 0. The smallest absolute Gasteiger partial charge is 0.314 e. The van der Waals surface area contributed by atoms with Crippen molar-refractivity contribution < 1.29 is 20.2 Å². The van der Waals surface area contributed by atoms with Crippen LogP contribution in [0.15, 0.2) is 12.1 Å². The summed E-state index contributed by atoms with van der Waals surface area (Å²) in [4.78, 5) is 9.79. The van der Waals surface area contributed by atoms with E-state index in [1.807, 2.05) is 0 Å². The molecule has 0 aliphatic rings. The molecule has 17 heavy (non-hydrogen) atoms. The molecule has 7 nitrogen and oxygen atoms in total. The number of nitrogens with two attached hydrogens (primary N) is 1. The van der Waals surface area contributed by atoms with Crippen LogP contribution in [0.3, 0.4) is 0 Å². The maximum Gasteiger partial charge on any atom is 0.314 e. The summed E-state index contributed by atoms with van der Waals surface area (Å²) >= 11 is 0. The number of aliphatic hydroxyl groups excluding tert-OH is 1.